The van der Waals surface area contributed by atoms with Gasteiger partial charge in [0.2, 0.25) is 5.89 Å². The van der Waals surface area contributed by atoms with E-state index in [0.717, 1.165) is 10.9 Å². The average molecular weight is 261 g/mol. The molecule has 0 bridgehead atoms. The van der Waals surface area contributed by atoms with Crippen molar-refractivity contribution < 1.29 is 9.15 Å². The van der Waals surface area contributed by atoms with Crippen LogP contribution in [0.15, 0.2) is 40.9 Å². The first-order valence-electron chi connectivity index (χ1n) is 6.12. The monoisotopic (exact) mass is 261 g/mol. The minimum atomic E-state index is -1.40. The second-order valence-corrected chi connectivity index (χ2v) is 10.3. The van der Waals surface area contributed by atoms with Crippen molar-refractivity contribution in [1.82, 2.24) is 4.98 Å². The number of aromatic nitrogens is 1. The molecule has 1 heterocycles. The third kappa shape index (κ3) is 3.55. The summed E-state index contributed by atoms with van der Waals surface area (Å²) in [6.07, 6.45) is 1.84. The number of benzene rings is 1. The minimum Gasteiger partial charge on any atom is -0.448 e. The van der Waals surface area contributed by atoms with E-state index in [1.807, 2.05) is 36.5 Å². The van der Waals surface area contributed by atoms with Crippen molar-refractivity contribution in [3.05, 3.63) is 48.0 Å². The highest BCUT2D eigenvalue weighted by molar-refractivity contribution is 6.87. The Morgan fingerprint density at radius 3 is 2.44 bits per heavy atom. The highest BCUT2D eigenvalue weighted by Gasteiger charge is 2.21. The van der Waals surface area contributed by atoms with Crippen molar-refractivity contribution in [2.75, 3.05) is 0 Å². The summed E-state index contributed by atoms with van der Waals surface area (Å²) >= 11 is 0. The third-order valence-electron chi connectivity index (χ3n) is 2.63. The second-order valence-electron chi connectivity index (χ2n) is 5.35. The Hall–Kier alpha value is -1.39. The van der Waals surface area contributed by atoms with Gasteiger partial charge in [0, 0.05) is 0 Å². The van der Waals surface area contributed by atoms with E-state index < -0.39 is 8.07 Å². The number of hydrogen-bond acceptors (Lipinski definition) is 3. The van der Waals surface area contributed by atoms with Gasteiger partial charge in [0.25, 0.3) is 0 Å². The Bertz CT molecular complexity index is 488. The smallest absolute Gasteiger partial charge is 0.219 e. The fourth-order valence-corrected chi connectivity index (χ4v) is 2.43. The summed E-state index contributed by atoms with van der Waals surface area (Å²) in [5.74, 6) is 0.670. The molecular formula is C14H19NO2Si. The summed E-state index contributed by atoms with van der Waals surface area (Å²) in [6.45, 7) is 7.73. The average Bonchev–Trinajstić information content (AvgIpc) is 2.79. The van der Waals surface area contributed by atoms with Gasteiger partial charge < -0.3 is 9.15 Å². The number of hydrogen-bond donors (Lipinski definition) is 0. The van der Waals surface area contributed by atoms with Gasteiger partial charge in [-0.2, -0.15) is 0 Å². The quantitative estimate of drug-likeness (QED) is 0.776. The van der Waals surface area contributed by atoms with E-state index in [9.17, 15) is 0 Å². The van der Waals surface area contributed by atoms with E-state index in [1.54, 1.807) is 0 Å². The zero-order chi connectivity index (χ0) is 13.0. The van der Waals surface area contributed by atoms with Crippen LogP contribution in [0.1, 0.15) is 11.5 Å². The molecule has 0 aliphatic rings. The van der Waals surface area contributed by atoms with Crippen molar-refractivity contribution in [2.45, 2.75) is 32.9 Å². The van der Waals surface area contributed by atoms with Gasteiger partial charge in [0.1, 0.15) is 20.1 Å². The molecule has 0 unspecified atom stereocenters. The molecule has 0 aliphatic carbocycles. The predicted molar refractivity (Wildman–Crippen MR) is 74.4 cm³/mol. The van der Waals surface area contributed by atoms with Crippen LogP contribution in [0.5, 0.6) is 0 Å². The van der Waals surface area contributed by atoms with Crippen LogP contribution < -0.4 is 5.38 Å². The molecule has 3 nitrogen and oxygen atoms in total. The van der Waals surface area contributed by atoms with E-state index in [0.29, 0.717) is 19.1 Å². The van der Waals surface area contributed by atoms with Gasteiger partial charge in [-0.3, -0.25) is 0 Å². The molecule has 0 saturated carbocycles. The predicted octanol–water partition coefficient (Wildman–Crippen LogP) is 2.94. The molecule has 0 aliphatic heterocycles. The number of ether oxygens (including phenoxy) is 1. The zero-order valence-corrected chi connectivity index (χ0v) is 12.1. The lowest BCUT2D eigenvalue weighted by atomic mass is 10.2. The van der Waals surface area contributed by atoms with Crippen molar-refractivity contribution >= 4 is 13.5 Å². The maximum absolute atomic E-state index is 5.71. The largest absolute Gasteiger partial charge is 0.448 e. The van der Waals surface area contributed by atoms with Crippen LogP contribution >= 0.6 is 0 Å². The molecule has 96 valence electrons. The molecule has 2 aromatic rings. The molecular weight excluding hydrogens is 242 g/mol. The number of nitrogens with zero attached hydrogens (tertiary/aromatic N) is 1. The summed E-state index contributed by atoms with van der Waals surface area (Å²) in [5.41, 5.74) is 1.16. The molecule has 18 heavy (non-hydrogen) atoms. The van der Waals surface area contributed by atoms with E-state index in [2.05, 4.69) is 24.6 Å². The Labute approximate surface area is 109 Å². The fraction of sp³-hybridized carbons (Fsp3) is 0.357. The van der Waals surface area contributed by atoms with Crippen molar-refractivity contribution in [3.8, 4) is 0 Å². The summed E-state index contributed by atoms with van der Waals surface area (Å²) in [4.78, 5) is 4.26. The Balaban J connectivity index is 1.86. The van der Waals surface area contributed by atoms with E-state index in [1.165, 1.54) is 0 Å². The molecule has 0 amide bonds. The first-order chi connectivity index (χ1) is 8.55. The third-order valence-corrected chi connectivity index (χ3v) is 4.34. The lowest BCUT2D eigenvalue weighted by Crippen LogP contribution is -2.36. The van der Waals surface area contributed by atoms with Gasteiger partial charge >= 0.3 is 0 Å². The summed E-state index contributed by atoms with van der Waals surface area (Å²) in [7, 11) is -1.40. The molecule has 0 radical (unpaired) electrons. The summed E-state index contributed by atoms with van der Waals surface area (Å²) < 4.78 is 11.3. The molecule has 0 saturated heterocycles. The molecule has 1 aromatic heterocycles. The number of rotatable bonds is 5. The lowest BCUT2D eigenvalue weighted by Gasteiger charge is -2.10. The molecule has 0 atom stereocenters. The number of oxazole rings is 1. The Morgan fingerprint density at radius 1 is 1.11 bits per heavy atom. The van der Waals surface area contributed by atoms with Crippen LogP contribution in [0, 0.1) is 0 Å². The molecule has 2 rings (SSSR count). The van der Waals surface area contributed by atoms with Gasteiger partial charge in [-0.1, -0.05) is 50.0 Å². The van der Waals surface area contributed by atoms with Crippen LogP contribution in [0.25, 0.3) is 0 Å². The second kappa shape index (κ2) is 5.50. The molecule has 0 spiro atoms. The van der Waals surface area contributed by atoms with Gasteiger partial charge in [0.15, 0.2) is 0 Å². The van der Waals surface area contributed by atoms with Gasteiger partial charge in [0.05, 0.1) is 12.8 Å². The highest BCUT2D eigenvalue weighted by atomic mass is 28.3. The SMILES string of the molecule is C[Si](C)(C)c1cnc(COCc2ccccc2)o1. The molecule has 4 heteroatoms. The fourth-order valence-electron chi connectivity index (χ4n) is 1.55. The molecule has 1 aromatic carbocycles. The van der Waals surface area contributed by atoms with Gasteiger partial charge in [-0.15, -0.1) is 0 Å². The first-order valence-corrected chi connectivity index (χ1v) is 9.62. The Morgan fingerprint density at radius 2 is 1.83 bits per heavy atom. The molecule has 0 N–H and O–H groups in total. The maximum Gasteiger partial charge on any atom is 0.219 e. The normalized spacial score (nSPS) is 11.7. The minimum absolute atomic E-state index is 0.430. The highest BCUT2D eigenvalue weighted by Crippen LogP contribution is 2.07. The van der Waals surface area contributed by atoms with Gasteiger partial charge in [-0.05, 0) is 5.56 Å². The van der Waals surface area contributed by atoms with Crippen molar-refractivity contribution in [2.24, 2.45) is 0 Å². The van der Waals surface area contributed by atoms with Crippen molar-refractivity contribution in [3.63, 3.8) is 0 Å². The van der Waals surface area contributed by atoms with Crippen LogP contribution in [-0.2, 0) is 18.0 Å². The van der Waals surface area contributed by atoms with Crippen LogP contribution in [0.2, 0.25) is 19.6 Å². The standard InChI is InChI=1S/C14H19NO2Si/c1-18(2,3)14-9-15-13(17-14)11-16-10-12-7-5-4-6-8-12/h4-9H,10-11H2,1-3H3. The Kier molecular flexibility index (Phi) is 3.99. The van der Waals surface area contributed by atoms with E-state index >= 15 is 0 Å². The first kappa shape index (κ1) is 13.0. The van der Waals surface area contributed by atoms with Crippen molar-refractivity contribution in [1.29, 1.82) is 0 Å². The van der Waals surface area contributed by atoms with E-state index in [4.69, 9.17) is 9.15 Å². The van der Waals surface area contributed by atoms with Crippen LogP contribution in [0.4, 0.5) is 0 Å². The topological polar surface area (TPSA) is 35.3 Å². The zero-order valence-electron chi connectivity index (χ0n) is 11.1. The molecule has 0 fully saturated rings. The van der Waals surface area contributed by atoms with Crippen LogP contribution in [0.3, 0.4) is 0 Å². The summed E-state index contributed by atoms with van der Waals surface area (Å²) in [5, 5.41) is 1.03. The maximum atomic E-state index is 5.71. The summed E-state index contributed by atoms with van der Waals surface area (Å²) in [6, 6.07) is 10.1. The van der Waals surface area contributed by atoms with E-state index in [-0.39, 0.29) is 0 Å². The van der Waals surface area contributed by atoms with Crippen LogP contribution in [-0.4, -0.2) is 13.1 Å². The lowest BCUT2D eigenvalue weighted by molar-refractivity contribution is 0.0903. The van der Waals surface area contributed by atoms with Gasteiger partial charge in [-0.25, -0.2) is 4.98 Å².